The van der Waals surface area contributed by atoms with Crippen molar-refractivity contribution in [3.8, 4) is 0 Å². The molecule has 0 radical (unpaired) electrons. The van der Waals surface area contributed by atoms with Crippen LogP contribution < -0.4 is 4.90 Å². The molecular formula is C13H19NO2S. The van der Waals surface area contributed by atoms with Crippen LogP contribution in [0.25, 0.3) is 0 Å². The largest absolute Gasteiger partial charge is 0.477 e. The first kappa shape index (κ1) is 12.4. The predicted octanol–water partition coefficient (Wildman–Crippen LogP) is 3.46. The molecule has 0 saturated heterocycles. The number of thiophene rings is 1. The van der Waals surface area contributed by atoms with Crippen molar-refractivity contribution in [2.45, 2.75) is 39.2 Å². The van der Waals surface area contributed by atoms with E-state index in [1.54, 1.807) is 6.07 Å². The lowest BCUT2D eigenvalue weighted by molar-refractivity contribution is 0.0702. The average molecular weight is 253 g/mol. The van der Waals surface area contributed by atoms with Crippen LogP contribution in [0.1, 0.15) is 42.8 Å². The van der Waals surface area contributed by atoms with Crippen LogP contribution in [0.5, 0.6) is 0 Å². The van der Waals surface area contributed by atoms with Gasteiger partial charge < -0.3 is 10.0 Å². The predicted molar refractivity (Wildman–Crippen MR) is 71.1 cm³/mol. The lowest BCUT2D eigenvalue weighted by Gasteiger charge is -2.23. The number of anilines is 1. The molecule has 4 heteroatoms. The fraction of sp³-hybridized carbons (Fsp3) is 0.615. The van der Waals surface area contributed by atoms with Gasteiger partial charge in [-0.2, -0.15) is 0 Å². The van der Waals surface area contributed by atoms with Crippen LogP contribution in [0.2, 0.25) is 0 Å². The number of carboxylic acid groups (broad SMARTS) is 1. The number of carbonyl (C=O) groups is 1. The molecule has 0 aliphatic heterocycles. The van der Waals surface area contributed by atoms with E-state index in [1.165, 1.54) is 24.2 Å². The van der Waals surface area contributed by atoms with Crippen LogP contribution in [0.3, 0.4) is 0 Å². The van der Waals surface area contributed by atoms with Crippen molar-refractivity contribution in [2.24, 2.45) is 5.92 Å². The number of nitrogens with zero attached hydrogens (tertiary/aromatic N) is 1. The van der Waals surface area contributed by atoms with E-state index < -0.39 is 5.97 Å². The zero-order chi connectivity index (χ0) is 12.4. The minimum Gasteiger partial charge on any atom is -0.477 e. The van der Waals surface area contributed by atoms with E-state index in [4.69, 9.17) is 5.11 Å². The molecule has 0 atom stereocenters. The number of hydrogen-bond acceptors (Lipinski definition) is 3. The van der Waals surface area contributed by atoms with Crippen molar-refractivity contribution in [1.82, 2.24) is 0 Å². The quantitative estimate of drug-likeness (QED) is 0.844. The Morgan fingerprint density at radius 1 is 1.53 bits per heavy atom. The Hall–Kier alpha value is -1.03. The Labute approximate surface area is 106 Å². The van der Waals surface area contributed by atoms with Crippen molar-refractivity contribution >= 4 is 22.3 Å². The van der Waals surface area contributed by atoms with Crippen molar-refractivity contribution in [3.63, 3.8) is 0 Å². The first-order chi connectivity index (χ1) is 8.08. The molecular weight excluding hydrogens is 234 g/mol. The minimum atomic E-state index is -0.819. The maximum absolute atomic E-state index is 10.9. The second-order valence-electron chi connectivity index (χ2n) is 5.05. The van der Waals surface area contributed by atoms with Gasteiger partial charge in [0.1, 0.15) is 4.88 Å². The molecule has 0 bridgehead atoms. The summed E-state index contributed by atoms with van der Waals surface area (Å²) in [5.41, 5.74) is 0. The zero-order valence-corrected chi connectivity index (χ0v) is 11.2. The smallest absolute Gasteiger partial charge is 0.345 e. The minimum absolute atomic E-state index is 0.440. The first-order valence-corrected chi connectivity index (χ1v) is 6.99. The Balaban J connectivity index is 2.06. The van der Waals surface area contributed by atoms with Gasteiger partial charge in [0.15, 0.2) is 0 Å². The number of hydrogen-bond donors (Lipinski definition) is 1. The fourth-order valence-corrected chi connectivity index (χ4v) is 2.80. The summed E-state index contributed by atoms with van der Waals surface area (Å²) < 4.78 is 0. The molecule has 17 heavy (non-hydrogen) atoms. The second kappa shape index (κ2) is 5.08. The van der Waals surface area contributed by atoms with Crippen LogP contribution in [-0.2, 0) is 0 Å². The highest BCUT2D eigenvalue weighted by molar-refractivity contribution is 7.17. The van der Waals surface area contributed by atoms with Crippen LogP contribution in [0.15, 0.2) is 12.1 Å². The Morgan fingerprint density at radius 3 is 2.71 bits per heavy atom. The van der Waals surface area contributed by atoms with Gasteiger partial charge in [-0.15, -0.1) is 11.3 Å². The van der Waals surface area contributed by atoms with E-state index in [0.717, 1.165) is 18.0 Å². The van der Waals surface area contributed by atoms with E-state index in [1.807, 2.05) is 6.07 Å². The fourth-order valence-electron chi connectivity index (χ4n) is 1.85. The van der Waals surface area contributed by atoms with Gasteiger partial charge in [-0.1, -0.05) is 13.8 Å². The van der Waals surface area contributed by atoms with E-state index in [9.17, 15) is 4.79 Å². The summed E-state index contributed by atoms with van der Waals surface area (Å²) >= 11 is 1.40. The molecule has 0 amide bonds. The van der Waals surface area contributed by atoms with Gasteiger partial charge in [0, 0.05) is 12.6 Å². The first-order valence-electron chi connectivity index (χ1n) is 6.17. The maximum Gasteiger partial charge on any atom is 0.345 e. The highest BCUT2D eigenvalue weighted by atomic mass is 32.1. The van der Waals surface area contributed by atoms with Crippen molar-refractivity contribution < 1.29 is 9.90 Å². The molecule has 1 aromatic rings. The van der Waals surface area contributed by atoms with Crippen molar-refractivity contribution in [1.29, 1.82) is 0 Å². The number of carboxylic acids is 1. The maximum atomic E-state index is 10.9. The summed E-state index contributed by atoms with van der Waals surface area (Å²) in [7, 11) is 0. The average Bonchev–Trinajstić information content (AvgIpc) is 2.95. The number of aromatic carboxylic acids is 1. The highest BCUT2D eigenvalue weighted by Crippen LogP contribution is 2.36. The summed E-state index contributed by atoms with van der Waals surface area (Å²) in [5.74, 6) is -0.129. The molecule has 1 aromatic heterocycles. The molecule has 0 aromatic carbocycles. The molecule has 1 N–H and O–H groups in total. The van der Waals surface area contributed by atoms with E-state index in [2.05, 4.69) is 18.7 Å². The van der Waals surface area contributed by atoms with Gasteiger partial charge in [-0.25, -0.2) is 4.79 Å². The molecule has 1 aliphatic carbocycles. The molecule has 0 unspecified atom stereocenters. The van der Waals surface area contributed by atoms with Gasteiger partial charge in [-0.05, 0) is 37.3 Å². The highest BCUT2D eigenvalue weighted by Gasteiger charge is 2.30. The summed E-state index contributed by atoms with van der Waals surface area (Å²) in [6.45, 7) is 5.49. The van der Waals surface area contributed by atoms with Gasteiger partial charge in [0.05, 0.1) is 5.00 Å². The van der Waals surface area contributed by atoms with E-state index >= 15 is 0 Å². The SMILES string of the molecule is CC(C)CCN(c1ccc(C(=O)O)s1)C1CC1. The summed E-state index contributed by atoms with van der Waals surface area (Å²) in [6.07, 6.45) is 3.66. The lowest BCUT2D eigenvalue weighted by atomic mass is 10.1. The topological polar surface area (TPSA) is 40.5 Å². The third kappa shape index (κ3) is 3.22. The molecule has 2 rings (SSSR count). The third-order valence-electron chi connectivity index (χ3n) is 3.02. The van der Waals surface area contributed by atoms with Gasteiger partial charge in [0.2, 0.25) is 0 Å². The van der Waals surface area contributed by atoms with E-state index in [0.29, 0.717) is 16.8 Å². The second-order valence-corrected chi connectivity index (χ2v) is 6.11. The lowest BCUT2D eigenvalue weighted by Crippen LogP contribution is -2.26. The Bertz CT molecular complexity index is 396. The van der Waals surface area contributed by atoms with Crippen molar-refractivity contribution in [2.75, 3.05) is 11.4 Å². The van der Waals surface area contributed by atoms with Gasteiger partial charge in [0.25, 0.3) is 0 Å². The van der Waals surface area contributed by atoms with Crippen LogP contribution in [-0.4, -0.2) is 23.7 Å². The molecule has 1 saturated carbocycles. The summed E-state index contributed by atoms with van der Waals surface area (Å²) in [4.78, 5) is 13.7. The van der Waals surface area contributed by atoms with Gasteiger partial charge >= 0.3 is 5.97 Å². The van der Waals surface area contributed by atoms with Crippen LogP contribution in [0, 0.1) is 5.92 Å². The molecule has 0 spiro atoms. The molecule has 3 nitrogen and oxygen atoms in total. The molecule has 1 fully saturated rings. The monoisotopic (exact) mass is 253 g/mol. The normalized spacial score (nSPS) is 15.2. The van der Waals surface area contributed by atoms with Crippen LogP contribution in [0.4, 0.5) is 5.00 Å². The Kier molecular flexibility index (Phi) is 3.72. The zero-order valence-electron chi connectivity index (χ0n) is 10.3. The summed E-state index contributed by atoms with van der Waals surface area (Å²) in [5, 5.41) is 10.1. The number of rotatable bonds is 6. The third-order valence-corrected chi connectivity index (χ3v) is 4.13. The van der Waals surface area contributed by atoms with E-state index in [-0.39, 0.29) is 0 Å². The van der Waals surface area contributed by atoms with Crippen LogP contribution >= 0.6 is 11.3 Å². The Morgan fingerprint density at radius 2 is 2.24 bits per heavy atom. The van der Waals surface area contributed by atoms with Gasteiger partial charge in [-0.3, -0.25) is 0 Å². The van der Waals surface area contributed by atoms with Crippen molar-refractivity contribution in [3.05, 3.63) is 17.0 Å². The standard InChI is InChI=1S/C13H19NO2S/c1-9(2)7-8-14(10-3-4-10)12-6-5-11(17-12)13(15)16/h5-6,9-10H,3-4,7-8H2,1-2H3,(H,15,16). The molecule has 1 heterocycles. The molecule has 1 aliphatic rings. The summed E-state index contributed by atoms with van der Waals surface area (Å²) in [6, 6.07) is 4.31. The molecule has 94 valence electrons.